The van der Waals surface area contributed by atoms with Gasteiger partial charge in [0.25, 0.3) is 5.69 Å². The summed E-state index contributed by atoms with van der Waals surface area (Å²) in [5, 5.41) is 25.4. The standard InChI is InChI=1S/C28H30N6O5S/c1-17-24(26(25(28(35)36)18(2)29-17)19-7-6-8-20(15-19)34(37)38)27-30-23(31-40-27)16-32-11-13-33(14-12-32)21-9-4-5-10-22(21)39-3/h4-10,15,26,29H,11-14,16H2,1-3H3,(H,35,36). The SMILES string of the molecule is COc1ccccc1N1CCN(Cc2nsc(C3=C(C)NC(C)=C(C(=O)O)C3c3cccc([N+](=O)[O-])c3)n2)CC1. The van der Waals surface area contributed by atoms with E-state index in [1.54, 1.807) is 26.2 Å². The van der Waals surface area contributed by atoms with Crippen molar-refractivity contribution in [3.05, 3.63) is 92.0 Å². The fourth-order valence-corrected chi connectivity index (χ4v) is 6.18. The average molecular weight is 563 g/mol. The molecule has 2 aliphatic heterocycles. The van der Waals surface area contributed by atoms with Crippen LogP contribution < -0.4 is 15.0 Å². The lowest BCUT2D eigenvalue weighted by atomic mass is 9.80. The Hall–Kier alpha value is -4.29. The number of anilines is 1. The largest absolute Gasteiger partial charge is 0.495 e. The number of piperazine rings is 1. The molecule has 2 N–H and O–H groups in total. The third kappa shape index (κ3) is 5.40. The Morgan fingerprint density at radius 2 is 1.90 bits per heavy atom. The number of aromatic nitrogens is 2. The molecule has 5 rings (SSSR count). The van der Waals surface area contributed by atoms with E-state index in [9.17, 15) is 20.0 Å². The minimum Gasteiger partial charge on any atom is -0.495 e. The van der Waals surface area contributed by atoms with Crippen LogP contribution in [-0.4, -0.2) is 63.5 Å². The second-order valence-electron chi connectivity index (χ2n) is 9.74. The number of ether oxygens (including phenoxy) is 1. The number of nitrogens with one attached hydrogen (secondary N) is 1. The smallest absolute Gasteiger partial charge is 0.334 e. The van der Waals surface area contributed by atoms with Gasteiger partial charge in [-0.3, -0.25) is 15.0 Å². The highest BCUT2D eigenvalue weighted by molar-refractivity contribution is 7.06. The fourth-order valence-electron chi connectivity index (χ4n) is 5.38. The highest BCUT2D eigenvalue weighted by atomic mass is 32.1. The van der Waals surface area contributed by atoms with E-state index in [0.29, 0.717) is 34.2 Å². The van der Waals surface area contributed by atoms with Gasteiger partial charge in [0.15, 0.2) is 5.82 Å². The van der Waals surface area contributed by atoms with Gasteiger partial charge in [-0.1, -0.05) is 24.3 Å². The van der Waals surface area contributed by atoms with Crippen LogP contribution in [0.25, 0.3) is 5.57 Å². The Bertz CT molecular complexity index is 1510. The van der Waals surface area contributed by atoms with Crippen molar-refractivity contribution in [1.82, 2.24) is 19.6 Å². The van der Waals surface area contributed by atoms with Crippen LogP contribution in [0.3, 0.4) is 0 Å². The molecule has 2 aromatic carbocycles. The Kier molecular flexibility index (Phi) is 7.81. The number of hydrogen-bond acceptors (Lipinski definition) is 10. The Morgan fingerprint density at radius 1 is 1.15 bits per heavy atom. The summed E-state index contributed by atoms with van der Waals surface area (Å²) < 4.78 is 10.1. The summed E-state index contributed by atoms with van der Waals surface area (Å²) in [4.78, 5) is 32.8. The summed E-state index contributed by atoms with van der Waals surface area (Å²) >= 11 is 1.21. The number of dihydropyridines is 1. The molecule has 208 valence electrons. The number of carboxylic acids is 1. The molecular weight excluding hydrogens is 532 g/mol. The highest BCUT2D eigenvalue weighted by Crippen LogP contribution is 2.44. The molecule has 0 saturated carbocycles. The fraction of sp³-hybridized carbons (Fsp3) is 0.321. The molecule has 0 spiro atoms. The molecule has 3 aromatic rings. The lowest BCUT2D eigenvalue weighted by Gasteiger charge is -2.36. The van der Waals surface area contributed by atoms with Crippen LogP contribution in [0.5, 0.6) is 5.75 Å². The van der Waals surface area contributed by atoms with Crippen molar-refractivity contribution in [2.24, 2.45) is 0 Å². The minimum absolute atomic E-state index is 0.0966. The number of aliphatic carboxylic acids is 1. The van der Waals surface area contributed by atoms with Crippen LogP contribution >= 0.6 is 11.5 Å². The molecule has 0 aliphatic carbocycles. The molecule has 1 saturated heterocycles. The molecular formula is C28H30N6O5S. The summed E-state index contributed by atoms with van der Waals surface area (Å²) in [7, 11) is 1.68. The molecule has 12 heteroatoms. The van der Waals surface area contributed by atoms with Crippen LogP contribution in [0.4, 0.5) is 11.4 Å². The zero-order valence-electron chi connectivity index (χ0n) is 22.5. The number of methoxy groups -OCH3 is 1. The number of nitrogens with zero attached hydrogens (tertiary/aromatic N) is 5. The van der Waals surface area contributed by atoms with Crippen molar-refractivity contribution in [3.8, 4) is 5.75 Å². The number of benzene rings is 2. The van der Waals surface area contributed by atoms with E-state index in [0.717, 1.165) is 43.3 Å². The maximum Gasteiger partial charge on any atom is 0.334 e. The van der Waals surface area contributed by atoms with Crippen molar-refractivity contribution >= 4 is 34.4 Å². The topological polar surface area (TPSA) is 134 Å². The van der Waals surface area contributed by atoms with Crippen molar-refractivity contribution in [2.75, 3.05) is 38.2 Å². The van der Waals surface area contributed by atoms with Crippen LogP contribution in [0, 0.1) is 10.1 Å². The predicted octanol–water partition coefficient (Wildman–Crippen LogP) is 4.25. The van der Waals surface area contributed by atoms with Crippen molar-refractivity contribution < 1.29 is 19.6 Å². The van der Waals surface area contributed by atoms with Crippen LogP contribution in [0.1, 0.15) is 36.2 Å². The first-order valence-corrected chi connectivity index (χ1v) is 13.6. The van der Waals surface area contributed by atoms with Gasteiger partial charge in [-0.25, -0.2) is 9.78 Å². The number of allylic oxidation sites excluding steroid dienone is 3. The van der Waals surface area contributed by atoms with Gasteiger partial charge >= 0.3 is 5.97 Å². The summed E-state index contributed by atoms with van der Waals surface area (Å²) in [6, 6.07) is 14.1. The third-order valence-electron chi connectivity index (χ3n) is 7.27. The van der Waals surface area contributed by atoms with Gasteiger partial charge in [-0.15, -0.1) is 0 Å². The van der Waals surface area contributed by atoms with E-state index in [1.165, 1.54) is 23.7 Å². The van der Waals surface area contributed by atoms with Crippen molar-refractivity contribution in [1.29, 1.82) is 0 Å². The number of rotatable bonds is 8. The van der Waals surface area contributed by atoms with Gasteiger partial charge in [-0.05, 0) is 43.1 Å². The maximum absolute atomic E-state index is 12.4. The molecule has 0 amide bonds. The second-order valence-corrected chi connectivity index (χ2v) is 10.5. The van der Waals surface area contributed by atoms with E-state index < -0.39 is 16.8 Å². The first kappa shape index (κ1) is 27.3. The lowest BCUT2D eigenvalue weighted by molar-refractivity contribution is -0.384. The van der Waals surface area contributed by atoms with Gasteiger partial charge in [0.2, 0.25) is 0 Å². The van der Waals surface area contributed by atoms with Gasteiger partial charge in [0.05, 0.1) is 29.8 Å². The zero-order valence-corrected chi connectivity index (χ0v) is 23.3. The number of nitro benzene ring substituents is 1. The number of non-ortho nitro benzene ring substituents is 1. The molecule has 0 radical (unpaired) electrons. The van der Waals surface area contributed by atoms with Gasteiger partial charge in [-0.2, -0.15) is 4.37 Å². The Labute approximate surface area is 235 Å². The molecule has 0 bridgehead atoms. The normalized spacial score (nSPS) is 18.1. The van der Waals surface area contributed by atoms with Crippen molar-refractivity contribution in [3.63, 3.8) is 0 Å². The number of para-hydroxylation sites is 2. The monoisotopic (exact) mass is 562 g/mol. The molecule has 1 unspecified atom stereocenters. The lowest BCUT2D eigenvalue weighted by Crippen LogP contribution is -2.46. The minimum atomic E-state index is -1.09. The van der Waals surface area contributed by atoms with Crippen LogP contribution in [-0.2, 0) is 11.3 Å². The molecule has 1 atom stereocenters. The summed E-state index contributed by atoms with van der Waals surface area (Å²) in [6.07, 6.45) is 0. The molecule has 1 aromatic heterocycles. The first-order valence-electron chi connectivity index (χ1n) is 12.9. The van der Waals surface area contributed by atoms with Gasteiger partial charge in [0, 0.05) is 61.2 Å². The molecule has 1 fully saturated rings. The van der Waals surface area contributed by atoms with Crippen LogP contribution in [0.15, 0.2) is 65.5 Å². The number of carbonyl (C=O) groups is 1. The number of hydrogen-bond donors (Lipinski definition) is 2. The molecule has 11 nitrogen and oxygen atoms in total. The predicted molar refractivity (Wildman–Crippen MR) is 152 cm³/mol. The number of carboxylic acid groups (broad SMARTS) is 1. The van der Waals surface area contributed by atoms with E-state index in [1.807, 2.05) is 25.1 Å². The van der Waals surface area contributed by atoms with Gasteiger partial charge < -0.3 is 20.1 Å². The highest BCUT2D eigenvalue weighted by Gasteiger charge is 2.36. The van der Waals surface area contributed by atoms with Gasteiger partial charge in [0.1, 0.15) is 10.8 Å². The van der Waals surface area contributed by atoms with Crippen molar-refractivity contribution in [2.45, 2.75) is 26.3 Å². The average Bonchev–Trinajstić information content (AvgIpc) is 3.40. The molecule has 40 heavy (non-hydrogen) atoms. The summed E-state index contributed by atoms with van der Waals surface area (Å²) in [5.74, 6) is -0.310. The zero-order chi connectivity index (χ0) is 28.4. The first-order chi connectivity index (χ1) is 19.3. The summed E-state index contributed by atoms with van der Waals surface area (Å²) in [5.41, 5.74) is 3.52. The quantitative estimate of drug-likeness (QED) is 0.303. The molecule has 3 heterocycles. The second kappa shape index (κ2) is 11.4. The Morgan fingerprint density at radius 3 is 2.60 bits per heavy atom. The summed E-state index contributed by atoms with van der Waals surface area (Å²) in [6.45, 7) is 7.47. The van der Waals surface area contributed by atoms with E-state index in [-0.39, 0.29) is 11.3 Å². The third-order valence-corrected chi connectivity index (χ3v) is 8.05. The maximum atomic E-state index is 12.4. The number of nitro groups is 1. The van der Waals surface area contributed by atoms with Crippen LogP contribution in [0.2, 0.25) is 0 Å². The van der Waals surface area contributed by atoms with E-state index >= 15 is 0 Å². The van der Waals surface area contributed by atoms with E-state index in [2.05, 4.69) is 25.6 Å². The van der Waals surface area contributed by atoms with E-state index in [4.69, 9.17) is 9.72 Å². The Balaban J connectivity index is 1.37. The molecule has 2 aliphatic rings.